The average Bonchev–Trinajstić information content (AvgIpc) is 2.46. The molecule has 0 bridgehead atoms. The summed E-state index contributed by atoms with van der Waals surface area (Å²) in [6, 6.07) is 4.15. The molecule has 1 atom stereocenters. The zero-order valence-electron chi connectivity index (χ0n) is 13.8. The van der Waals surface area contributed by atoms with E-state index in [1.807, 2.05) is 0 Å². The number of benzene rings is 1. The molecule has 0 aliphatic carbocycles. The van der Waals surface area contributed by atoms with Crippen molar-refractivity contribution >= 4 is 29.2 Å². The van der Waals surface area contributed by atoms with Crippen LogP contribution in [0.1, 0.15) is 26.3 Å². The van der Waals surface area contributed by atoms with E-state index in [-0.39, 0.29) is 17.8 Å². The number of nitro benzene ring substituents is 1. The minimum atomic E-state index is -1.37. The molecule has 1 rings (SSSR count). The van der Waals surface area contributed by atoms with Crippen LogP contribution >= 0.6 is 0 Å². The van der Waals surface area contributed by atoms with Crippen LogP contribution < -0.4 is 10.6 Å². The summed E-state index contributed by atoms with van der Waals surface area (Å²) in [7, 11) is 1.19. The summed E-state index contributed by atoms with van der Waals surface area (Å²) < 4.78 is 4.70. The molecule has 0 unspecified atom stereocenters. The van der Waals surface area contributed by atoms with Crippen molar-refractivity contribution < 1.29 is 24.0 Å². The molecule has 9 nitrogen and oxygen atoms in total. The molecule has 0 aliphatic rings. The van der Waals surface area contributed by atoms with Gasteiger partial charge in [0.25, 0.3) is 5.69 Å². The fourth-order valence-electron chi connectivity index (χ4n) is 2.32. The van der Waals surface area contributed by atoms with Crippen LogP contribution in [0.3, 0.4) is 0 Å². The molecule has 0 saturated heterocycles. The number of nitrogens with zero attached hydrogens (tertiary/aromatic N) is 1. The number of ether oxygens (including phenoxy) is 1. The first-order chi connectivity index (χ1) is 11.1. The molecule has 0 spiro atoms. The van der Waals surface area contributed by atoms with Gasteiger partial charge in [-0.05, 0) is 18.6 Å². The third-order valence-electron chi connectivity index (χ3n) is 3.22. The first kappa shape index (κ1) is 19.1. The van der Waals surface area contributed by atoms with Crippen LogP contribution in [0.4, 0.5) is 11.4 Å². The van der Waals surface area contributed by atoms with Crippen LogP contribution in [0.25, 0.3) is 0 Å². The van der Waals surface area contributed by atoms with E-state index in [2.05, 4.69) is 10.6 Å². The molecule has 24 heavy (non-hydrogen) atoms. The summed E-state index contributed by atoms with van der Waals surface area (Å²) in [6.45, 7) is 3.96. The van der Waals surface area contributed by atoms with Gasteiger partial charge in [-0.1, -0.05) is 6.07 Å². The number of carbonyl (C=O) groups excluding carboxylic acids is 3. The van der Waals surface area contributed by atoms with Gasteiger partial charge in [0, 0.05) is 26.3 Å². The number of nitro groups is 1. The number of rotatable bonds is 6. The van der Waals surface area contributed by atoms with Crippen molar-refractivity contribution in [3.63, 3.8) is 0 Å². The largest absolute Gasteiger partial charge is 0.467 e. The van der Waals surface area contributed by atoms with E-state index in [0.717, 1.165) is 0 Å². The molecule has 130 valence electrons. The Labute approximate surface area is 138 Å². The summed E-state index contributed by atoms with van der Waals surface area (Å²) in [4.78, 5) is 45.0. The lowest BCUT2D eigenvalue weighted by Gasteiger charge is -2.27. The lowest BCUT2D eigenvalue weighted by Crippen LogP contribution is -2.53. The van der Waals surface area contributed by atoms with E-state index < -0.39 is 28.2 Å². The van der Waals surface area contributed by atoms with Crippen LogP contribution in [0.15, 0.2) is 18.2 Å². The Hall–Kier alpha value is -2.97. The van der Waals surface area contributed by atoms with Gasteiger partial charge in [0.15, 0.2) is 0 Å². The topological polar surface area (TPSA) is 128 Å². The first-order valence-electron chi connectivity index (χ1n) is 7.01. The third-order valence-corrected chi connectivity index (χ3v) is 3.22. The molecular weight excluding hydrogens is 318 g/mol. The molecule has 0 saturated carbocycles. The Bertz CT molecular complexity index is 688. The second kappa shape index (κ2) is 7.53. The summed E-state index contributed by atoms with van der Waals surface area (Å²) in [5, 5.41) is 16.0. The second-order valence-electron chi connectivity index (χ2n) is 5.47. The van der Waals surface area contributed by atoms with E-state index in [9.17, 15) is 24.5 Å². The monoisotopic (exact) mass is 337 g/mol. The van der Waals surface area contributed by atoms with Gasteiger partial charge in [0.1, 0.15) is 11.2 Å². The smallest absolute Gasteiger partial charge is 0.331 e. The number of hydrogen-bond donors (Lipinski definition) is 2. The fraction of sp³-hybridized carbons (Fsp3) is 0.400. The molecule has 2 N–H and O–H groups in total. The van der Waals surface area contributed by atoms with E-state index in [4.69, 9.17) is 4.74 Å². The zero-order valence-corrected chi connectivity index (χ0v) is 13.8. The highest BCUT2D eigenvalue weighted by Crippen LogP contribution is 2.27. The number of carbonyl (C=O) groups is 3. The van der Waals surface area contributed by atoms with Gasteiger partial charge in [-0.25, -0.2) is 4.79 Å². The van der Waals surface area contributed by atoms with Crippen LogP contribution in [0.5, 0.6) is 0 Å². The van der Waals surface area contributed by atoms with Crippen molar-refractivity contribution in [2.75, 3.05) is 12.4 Å². The standard InChI is InChI=1S/C15H19N3O6/c1-9(19)16-12-6-5-11(7-13(12)18(22)23)8-15(3,14(21)24-4)17-10(2)20/h5-7H,8H2,1-4H3,(H,16,19)(H,17,20)/t15-/m0/s1. The van der Waals surface area contributed by atoms with Crippen molar-refractivity contribution in [3.05, 3.63) is 33.9 Å². The summed E-state index contributed by atoms with van der Waals surface area (Å²) in [6.07, 6.45) is -0.0134. The number of amides is 2. The van der Waals surface area contributed by atoms with Crippen molar-refractivity contribution in [2.45, 2.75) is 32.7 Å². The maximum Gasteiger partial charge on any atom is 0.331 e. The summed E-state index contributed by atoms with van der Waals surface area (Å²) >= 11 is 0. The number of hydrogen-bond acceptors (Lipinski definition) is 6. The Kier molecular flexibility index (Phi) is 5.99. The number of anilines is 1. The van der Waals surface area contributed by atoms with Gasteiger partial charge in [-0.2, -0.15) is 0 Å². The maximum absolute atomic E-state index is 12.0. The minimum absolute atomic E-state index is 0.0134. The molecule has 0 radical (unpaired) electrons. The minimum Gasteiger partial charge on any atom is -0.467 e. The number of methoxy groups -OCH3 is 1. The molecule has 0 heterocycles. The second-order valence-corrected chi connectivity index (χ2v) is 5.47. The molecule has 0 fully saturated rings. The van der Waals surface area contributed by atoms with Crippen LogP contribution in [-0.2, 0) is 25.5 Å². The van der Waals surface area contributed by atoms with Gasteiger partial charge in [0.2, 0.25) is 11.8 Å². The van der Waals surface area contributed by atoms with Crippen LogP contribution in [0, 0.1) is 10.1 Å². The molecular formula is C15H19N3O6. The molecule has 0 aliphatic heterocycles. The maximum atomic E-state index is 12.0. The summed E-state index contributed by atoms with van der Waals surface area (Å²) in [5.41, 5.74) is -1.20. The lowest BCUT2D eigenvalue weighted by atomic mass is 9.92. The first-order valence-corrected chi connectivity index (χ1v) is 7.01. The normalized spacial score (nSPS) is 12.7. The van der Waals surface area contributed by atoms with E-state index in [1.165, 1.54) is 46.1 Å². The van der Waals surface area contributed by atoms with E-state index >= 15 is 0 Å². The van der Waals surface area contributed by atoms with Crippen molar-refractivity contribution in [1.29, 1.82) is 0 Å². The number of esters is 1. The van der Waals surface area contributed by atoms with E-state index in [0.29, 0.717) is 5.56 Å². The van der Waals surface area contributed by atoms with E-state index in [1.54, 1.807) is 0 Å². The van der Waals surface area contributed by atoms with Crippen LogP contribution in [0.2, 0.25) is 0 Å². The predicted molar refractivity (Wildman–Crippen MR) is 85.3 cm³/mol. The Morgan fingerprint density at radius 1 is 1.25 bits per heavy atom. The average molecular weight is 337 g/mol. The van der Waals surface area contributed by atoms with Gasteiger partial charge in [0.05, 0.1) is 12.0 Å². The molecule has 1 aromatic rings. The quantitative estimate of drug-likeness (QED) is 0.455. The Morgan fingerprint density at radius 2 is 1.88 bits per heavy atom. The van der Waals surface area contributed by atoms with Crippen molar-refractivity contribution in [2.24, 2.45) is 0 Å². The van der Waals surface area contributed by atoms with Crippen molar-refractivity contribution in [1.82, 2.24) is 5.32 Å². The fourth-order valence-corrected chi connectivity index (χ4v) is 2.32. The van der Waals surface area contributed by atoms with Crippen molar-refractivity contribution in [3.8, 4) is 0 Å². The zero-order chi connectivity index (χ0) is 18.5. The highest BCUT2D eigenvalue weighted by Gasteiger charge is 2.36. The molecule has 2 amide bonds. The SMILES string of the molecule is COC(=O)[C@](C)(Cc1ccc(NC(C)=O)c([N+](=O)[O-])c1)NC(C)=O. The summed E-state index contributed by atoms with van der Waals surface area (Å²) in [5.74, 6) is -1.55. The molecule has 0 aromatic heterocycles. The Balaban J connectivity index is 3.23. The van der Waals surface area contributed by atoms with Gasteiger partial charge >= 0.3 is 5.97 Å². The predicted octanol–water partition coefficient (Wildman–Crippen LogP) is 1.16. The lowest BCUT2D eigenvalue weighted by molar-refractivity contribution is -0.384. The van der Waals surface area contributed by atoms with Crippen LogP contribution in [-0.4, -0.2) is 35.4 Å². The van der Waals surface area contributed by atoms with Gasteiger partial charge < -0.3 is 15.4 Å². The number of nitrogens with one attached hydrogen (secondary N) is 2. The molecule has 1 aromatic carbocycles. The van der Waals surface area contributed by atoms with Gasteiger partial charge in [-0.15, -0.1) is 0 Å². The van der Waals surface area contributed by atoms with Gasteiger partial charge in [-0.3, -0.25) is 19.7 Å². The molecule has 9 heteroatoms. The highest BCUT2D eigenvalue weighted by atomic mass is 16.6. The highest BCUT2D eigenvalue weighted by molar-refractivity contribution is 5.91. The Morgan fingerprint density at radius 3 is 2.33 bits per heavy atom. The third kappa shape index (κ3) is 4.77.